The molecule has 1 heterocycles. The number of thiazole rings is 1. The van der Waals surface area contributed by atoms with Gasteiger partial charge in [0, 0.05) is 45.1 Å². The molecule has 1 aliphatic carbocycles. The monoisotopic (exact) mass is 761 g/mol. The third-order valence-electron chi connectivity index (χ3n) is 11.8. The number of hydrogen-bond donors (Lipinski definition) is 0. The van der Waals surface area contributed by atoms with E-state index in [4.69, 9.17) is 4.98 Å². The highest BCUT2D eigenvalue weighted by atomic mass is 32.1. The molecule has 10 aromatic rings. The summed E-state index contributed by atoms with van der Waals surface area (Å²) in [5.74, 6) is 0. The van der Waals surface area contributed by atoms with E-state index in [2.05, 4.69) is 224 Å². The van der Waals surface area contributed by atoms with Crippen molar-refractivity contribution in [2.75, 3.05) is 9.80 Å². The van der Waals surface area contributed by atoms with Gasteiger partial charge in [0.15, 0.2) is 0 Å². The molecule has 58 heavy (non-hydrogen) atoms. The Labute approximate surface area is 342 Å². The first-order valence-electron chi connectivity index (χ1n) is 19.9. The van der Waals surface area contributed by atoms with Crippen molar-refractivity contribution in [2.24, 2.45) is 0 Å². The van der Waals surface area contributed by atoms with Gasteiger partial charge in [-0.25, -0.2) is 4.98 Å². The summed E-state index contributed by atoms with van der Waals surface area (Å²) in [5, 5.41) is 6.07. The zero-order chi connectivity index (χ0) is 38.8. The van der Waals surface area contributed by atoms with E-state index in [1.807, 2.05) is 0 Å². The quantitative estimate of drug-likeness (QED) is 0.151. The van der Waals surface area contributed by atoms with Gasteiger partial charge in [0.25, 0.3) is 0 Å². The fourth-order valence-corrected chi connectivity index (χ4v) is 9.93. The summed E-state index contributed by atoms with van der Waals surface area (Å²) in [6.45, 7) is 4.72. The minimum Gasteiger partial charge on any atom is -0.310 e. The van der Waals surface area contributed by atoms with Gasteiger partial charge in [0.2, 0.25) is 0 Å². The lowest BCUT2D eigenvalue weighted by Gasteiger charge is -2.29. The highest BCUT2D eigenvalue weighted by Gasteiger charge is 2.36. The smallest absolute Gasteiger partial charge is 0.124 e. The molecule has 0 fully saturated rings. The van der Waals surface area contributed by atoms with Crippen LogP contribution in [0.5, 0.6) is 0 Å². The topological polar surface area (TPSA) is 19.4 Å². The average Bonchev–Trinajstić information content (AvgIpc) is 3.79. The molecule has 0 unspecified atom stereocenters. The Morgan fingerprint density at radius 2 is 0.914 bits per heavy atom. The molecule has 276 valence electrons. The van der Waals surface area contributed by atoms with Gasteiger partial charge in [-0.1, -0.05) is 123 Å². The number of rotatable bonds is 7. The lowest BCUT2D eigenvalue weighted by Crippen LogP contribution is -2.14. The Kier molecular flexibility index (Phi) is 8.02. The summed E-state index contributed by atoms with van der Waals surface area (Å²) in [4.78, 5) is 9.79. The second-order valence-electron chi connectivity index (χ2n) is 15.7. The summed E-state index contributed by atoms with van der Waals surface area (Å²) in [7, 11) is 0. The summed E-state index contributed by atoms with van der Waals surface area (Å²) in [5.41, 5.74) is 14.1. The predicted octanol–water partition coefficient (Wildman–Crippen LogP) is 15.5. The van der Waals surface area contributed by atoms with Crippen molar-refractivity contribution in [3.8, 4) is 21.7 Å². The molecular weight excluding hydrogens is 723 g/mol. The van der Waals surface area contributed by atoms with Crippen LogP contribution in [0, 0.1) is 0 Å². The van der Waals surface area contributed by atoms with E-state index in [1.165, 1.54) is 54.1 Å². The number of nitrogens with zero attached hydrogens (tertiary/aromatic N) is 3. The maximum atomic E-state index is 5.10. The number of anilines is 6. The fraction of sp³-hybridized carbons (Fsp3) is 0.0556. The molecular formula is C54H39N3S. The van der Waals surface area contributed by atoms with Crippen LogP contribution in [-0.2, 0) is 5.41 Å². The third-order valence-corrected chi connectivity index (χ3v) is 12.9. The van der Waals surface area contributed by atoms with E-state index in [9.17, 15) is 0 Å². The highest BCUT2D eigenvalue weighted by molar-refractivity contribution is 7.21. The average molecular weight is 762 g/mol. The first kappa shape index (κ1) is 34.3. The lowest BCUT2D eigenvalue weighted by atomic mass is 9.81. The second kappa shape index (κ2) is 13.6. The SMILES string of the molecule is CC1(C)c2cc3ccc4cc(N(c5ccccc5)c5cccc(N(c6ccccc6)c6ccccc6)c5)ccc4c3cc2-c2cc3sc(-c4ccccc4)nc3cc21. The van der Waals surface area contributed by atoms with E-state index in [0.29, 0.717) is 0 Å². The van der Waals surface area contributed by atoms with Gasteiger partial charge in [0.1, 0.15) is 5.01 Å². The van der Waals surface area contributed by atoms with Crippen molar-refractivity contribution >= 4 is 77.2 Å². The van der Waals surface area contributed by atoms with Crippen LogP contribution in [0.3, 0.4) is 0 Å². The molecule has 1 aliphatic rings. The van der Waals surface area contributed by atoms with Crippen LogP contribution < -0.4 is 9.80 Å². The van der Waals surface area contributed by atoms with Gasteiger partial charge < -0.3 is 9.80 Å². The molecule has 0 aliphatic heterocycles. The predicted molar refractivity (Wildman–Crippen MR) is 247 cm³/mol. The molecule has 0 bridgehead atoms. The van der Waals surface area contributed by atoms with Crippen LogP contribution in [0.4, 0.5) is 34.1 Å². The number of benzene rings is 9. The van der Waals surface area contributed by atoms with Crippen molar-refractivity contribution in [3.05, 3.63) is 211 Å². The number of hydrogen-bond acceptors (Lipinski definition) is 4. The second-order valence-corrected chi connectivity index (χ2v) is 16.7. The number of fused-ring (bicyclic) bond motifs is 7. The van der Waals surface area contributed by atoms with E-state index < -0.39 is 0 Å². The standard InChI is InChI=1S/C54H39N3S/c1-54(2)49-31-38-27-26-37-30-44(28-29-45(37)46(38)33-47(49)48-34-52-51(35-50(48)54)55-53(58-52)36-16-7-3-8-17-36)57(41-22-13-6-14-23-41)43-25-15-24-42(32-43)56(39-18-9-4-10-19-39)40-20-11-5-12-21-40/h3-35H,1-2H3. The molecule has 0 saturated heterocycles. The summed E-state index contributed by atoms with van der Waals surface area (Å²) < 4.78 is 1.23. The Morgan fingerprint density at radius 3 is 1.53 bits per heavy atom. The fourth-order valence-electron chi connectivity index (χ4n) is 8.94. The summed E-state index contributed by atoms with van der Waals surface area (Å²) in [6, 6.07) is 72.4. The van der Waals surface area contributed by atoms with Crippen molar-refractivity contribution < 1.29 is 0 Å². The normalized spacial score (nSPS) is 12.8. The molecule has 0 amide bonds. The molecule has 0 radical (unpaired) electrons. The maximum Gasteiger partial charge on any atom is 0.124 e. The zero-order valence-electron chi connectivity index (χ0n) is 32.3. The Morgan fingerprint density at radius 1 is 0.414 bits per heavy atom. The van der Waals surface area contributed by atoms with Crippen molar-refractivity contribution in [1.82, 2.24) is 4.98 Å². The van der Waals surface area contributed by atoms with E-state index in [0.717, 1.165) is 44.6 Å². The van der Waals surface area contributed by atoms with E-state index in [-0.39, 0.29) is 5.41 Å². The molecule has 0 atom stereocenters. The minimum atomic E-state index is -0.135. The van der Waals surface area contributed by atoms with Gasteiger partial charge in [-0.3, -0.25) is 0 Å². The van der Waals surface area contributed by atoms with Gasteiger partial charge >= 0.3 is 0 Å². The van der Waals surface area contributed by atoms with Crippen LogP contribution in [-0.4, -0.2) is 4.98 Å². The lowest BCUT2D eigenvalue weighted by molar-refractivity contribution is 0.662. The van der Waals surface area contributed by atoms with Crippen molar-refractivity contribution in [1.29, 1.82) is 0 Å². The van der Waals surface area contributed by atoms with Crippen molar-refractivity contribution in [2.45, 2.75) is 19.3 Å². The summed E-state index contributed by atoms with van der Waals surface area (Å²) in [6.07, 6.45) is 0. The number of aromatic nitrogens is 1. The van der Waals surface area contributed by atoms with Crippen LogP contribution in [0.2, 0.25) is 0 Å². The van der Waals surface area contributed by atoms with Gasteiger partial charge in [0.05, 0.1) is 10.2 Å². The molecule has 1 aromatic heterocycles. The largest absolute Gasteiger partial charge is 0.310 e. The first-order chi connectivity index (χ1) is 28.5. The molecule has 11 rings (SSSR count). The molecule has 0 saturated carbocycles. The Balaban J connectivity index is 1.03. The Bertz CT molecular complexity index is 3100. The highest BCUT2D eigenvalue weighted by Crippen LogP contribution is 2.52. The van der Waals surface area contributed by atoms with E-state index in [1.54, 1.807) is 11.3 Å². The van der Waals surface area contributed by atoms with E-state index >= 15 is 0 Å². The molecule has 0 spiro atoms. The van der Waals surface area contributed by atoms with Crippen LogP contribution in [0.25, 0.3) is 53.5 Å². The third kappa shape index (κ3) is 5.68. The van der Waals surface area contributed by atoms with Gasteiger partial charge in [-0.2, -0.15) is 0 Å². The summed E-state index contributed by atoms with van der Waals surface area (Å²) >= 11 is 1.78. The zero-order valence-corrected chi connectivity index (χ0v) is 33.1. The first-order valence-corrected chi connectivity index (χ1v) is 20.7. The molecule has 4 heteroatoms. The van der Waals surface area contributed by atoms with Crippen molar-refractivity contribution in [3.63, 3.8) is 0 Å². The Hall–Kier alpha value is -7.01. The van der Waals surface area contributed by atoms with Gasteiger partial charge in [-0.05, 0) is 135 Å². The van der Waals surface area contributed by atoms with Crippen LogP contribution in [0.1, 0.15) is 25.0 Å². The van der Waals surface area contributed by atoms with Gasteiger partial charge in [-0.15, -0.1) is 11.3 Å². The molecule has 3 nitrogen and oxygen atoms in total. The minimum absolute atomic E-state index is 0.135. The number of para-hydroxylation sites is 3. The van der Waals surface area contributed by atoms with Crippen LogP contribution in [0.15, 0.2) is 200 Å². The molecule has 0 N–H and O–H groups in total. The maximum absolute atomic E-state index is 5.10. The van der Waals surface area contributed by atoms with Crippen LogP contribution >= 0.6 is 11.3 Å². The molecule has 9 aromatic carbocycles.